The van der Waals surface area contributed by atoms with E-state index in [1.165, 1.54) is 10.6 Å². The molecule has 0 spiro atoms. The van der Waals surface area contributed by atoms with Crippen molar-refractivity contribution in [3.05, 3.63) is 68.9 Å². The number of aromatic nitrogens is 2. The average molecular weight is 313 g/mol. The van der Waals surface area contributed by atoms with Crippen LogP contribution in [0.5, 0.6) is 0 Å². The zero-order valence-corrected chi connectivity index (χ0v) is 11.2. The van der Waals surface area contributed by atoms with Gasteiger partial charge in [-0.2, -0.15) is 0 Å². The van der Waals surface area contributed by atoms with Gasteiger partial charge in [-0.05, 0) is 23.8 Å². The molecule has 0 aliphatic heterocycles. The van der Waals surface area contributed by atoms with Gasteiger partial charge in [0.15, 0.2) is 0 Å². The lowest BCUT2D eigenvalue weighted by Crippen LogP contribution is -2.17. The number of H-pyrrole nitrogens is 1. The number of hydrogen-bond donors (Lipinski definition) is 1. The molecule has 1 aromatic heterocycles. The van der Waals surface area contributed by atoms with Crippen LogP contribution in [0, 0.1) is 17.5 Å². The van der Waals surface area contributed by atoms with E-state index < -0.39 is 23.1 Å². The smallest absolute Gasteiger partial charge is 0.305 e. The molecule has 0 saturated carbocycles. The Balaban J connectivity index is 2.14. The molecule has 0 bridgehead atoms. The highest BCUT2D eigenvalue weighted by Gasteiger charge is 2.12. The molecule has 0 aliphatic rings. The zero-order chi connectivity index (χ0) is 15.1. The van der Waals surface area contributed by atoms with Crippen molar-refractivity contribution in [2.75, 3.05) is 0 Å². The first-order valence-corrected chi connectivity index (χ1v) is 6.34. The number of aromatic amines is 1. The lowest BCUT2D eigenvalue weighted by Gasteiger charge is -2.05. The monoisotopic (exact) mass is 312 g/mol. The second kappa shape index (κ2) is 4.96. The van der Waals surface area contributed by atoms with Crippen LogP contribution < -0.4 is 5.69 Å². The summed E-state index contributed by atoms with van der Waals surface area (Å²) < 4.78 is 41.0. The minimum Gasteiger partial charge on any atom is -0.305 e. The normalized spacial score (nSPS) is 11.2. The molecular weight excluding hydrogens is 305 g/mol. The van der Waals surface area contributed by atoms with Crippen LogP contribution in [-0.4, -0.2) is 9.55 Å². The van der Waals surface area contributed by atoms with Crippen molar-refractivity contribution in [2.24, 2.45) is 0 Å². The van der Waals surface area contributed by atoms with Crippen molar-refractivity contribution in [3.8, 4) is 0 Å². The minimum atomic E-state index is -0.734. The fraction of sp³-hybridized carbons (Fsp3) is 0.0714. The van der Waals surface area contributed by atoms with Gasteiger partial charge in [-0.15, -0.1) is 0 Å². The Bertz CT molecular complexity index is 881. The second-order valence-corrected chi connectivity index (χ2v) is 4.98. The molecule has 0 radical (unpaired) electrons. The summed E-state index contributed by atoms with van der Waals surface area (Å²) in [6.45, 7) is -0.0600. The van der Waals surface area contributed by atoms with Crippen molar-refractivity contribution in [3.63, 3.8) is 0 Å². The quantitative estimate of drug-likeness (QED) is 0.773. The van der Waals surface area contributed by atoms with E-state index in [0.29, 0.717) is 5.52 Å². The standard InChI is InChI=1S/C14H8ClF3N2O/c15-10-4-13-12(5-11(10)18)19-14(21)20(13)6-7-1-8(16)3-9(17)2-7/h1-5H,6H2,(H,19,21). The number of nitrogens with zero attached hydrogens (tertiary/aromatic N) is 1. The van der Waals surface area contributed by atoms with Gasteiger partial charge in [0.2, 0.25) is 0 Å². The molecule has 3 aromatic rings. The van der Waals surface area contributed by atoms with Crippen molar-refractivity contribution >= 4 is 22.6 Å². The fourth-order valence-corrected chi connectivity index (χ4v) is 2.35. The first-order chi connectivity index (χ1) is 9.94. The lowest BCUT2D eigenvalue weighted by molar-refractivity contribution is 0.577. The molecule has 3 rings (SSSR count). The number of fused-ring (bicyclic) bond motifs is 1. The predicted molar refractivity (Wildman–Crippen MR) is 73.0 cm³/mol. The van der Waals surface area contributed by atoms with Gasteiger partial charge in [-0.25, -0.2) is 18.0 Å². The van der Waals surface area contributed by atoms with Crippen molar-refractivity contribution in [2.45, 2.75) is 6.54 Å². The molecule has 0 fully saturated rings. The number of imidazole rings is 1. The molecule has 0 unspecified atom stereocenters. The molecule has 7 heteroatoms. The van der Waals surface area contributed by atoms with Crippen LogP contribution in [0.25, 0.3) is 11.0 Å². The van der Waals surface area contributed by atoms with Gasteiger partial charge in [0.25, 0.3) is 0 Å². The molecule has 21 heavy (non-hydrogen) atoms. The molecule has 108 valence electrons. The first-order valence-electron chi connectivity index (χ1n) is 5.96. The Labute approximate surface area is 121 Å². The maximum atomic E-state index is 13.4. The number of nitrogens with one attached hydrogen (secondary N) is 1. The summed E-state index contributed by atoms with van der Waals surface area (Å²) in [5.41, 5.74) is 0.377. The number of rotatable bonds is 2. The van der Waals surface area contributed by atoms with Gasteiger partial charge in [0, 0.05) is 12.1 Å². The third kappa shape index (κ3) is 2.54. The van der Waals surface area contributed by atoms with E-state index in [4.69, 9.17) is 11.6 Å². The van der Waals surface area contributed by atoms with E-state index in [2.05, 4.69) is 4.98 Å². The molecule has 2 aromatic carbocycles. The maximum absolute atomic E-state index is 13.4. The van der Waals surface area contributed by atoms with Crippen LogP contribution in [0.15, 0.2) is 35.1 Å². The van der Waals surface area contributed by atoms with E-state index >= 15 is 0 Å². The number of halogens is 4. The largest absolute Gasteiger partial charge is 0.326 e. The Hall–Kier alpha value is -2.21. The van der Waals surface area contributed by atoms with Crippen molar-refractivity contribution < 1.29 is 13.2 Å². The molecule has 0 amide bonds. The van der Waals surface area contributed by atoms with Crippen LogP contribution in [0.2, 0.25) is 5.02 Å². The minimum absolute atomic E-state index is 0.0600. The summed E-state index contributed by atoms with van der Waals surface area (Å²) in [6, 6.07) is 5.38. The second-order valence-electron chi connectivity index (χ2n) is 4.58. The van der Waals surface area contributed by atoms with E-state index in [0.717, 1.165) is 24.3 Å². The van der Waals surface area contributed by atoms with Gasteiger partial charge in [-0.1, -0.05) is 11.6 Å². The zero-order valence-electron chi connectivity index (χ0n) is 10.5. The summed E-state index contributed by atoms with van der Waals surface area (Å²) in [7, 11) is 0. The highest BCUT2D eigenvalue weighted by Crippen LogP contribution is 2.21. The fourth-order valence-electron chi connectivity index (χ4n) is 2.19. The van der Waals surface area contributed by atoms with Crippen LogP contribution in [-0.2, 0) is 6.54 Å². The first kappa shape index (κ1) is 13.8. The lowest BCUT2D eigenvalue weighted by atomic mass is 10.2. The third-order valence-electron chi connectivity index (χ3n) is 3.08. The number of benzene rings is 2. The van der Waals surface area contributed by atoms with E-state index in [9.17, 15) is 18.0 Å². The molecule has 0 aliphatic carbocycles. The molecular formula is C14H8ClF3N2O. The highest BCUT2D eigenvalue weighted by atomic mass is 35.5. The van der Waals surface area contributed by atoms with Gasteiger partial charge < -0.3 is 4.98 Å². The van der Waals surface area contributed by atoms with Gasteiger partial charge >= 0.3 is 5.69 Å². The highest BCUT2D eigenvalue weighted by molar-refractivity contribution is 6.31. The van der Waals surface area contributed by atoms with Gasteiger partial charge in [-0.3, -0.25) is 4.57 Å². The predicted octanol–water partition coefficient (Wildman–Crippen LogP) is 3.45. The average Bonchev–Trinajstić information content (AvgIpc) is 2.65. The Morgan fingerprint density at radius 1 is 1.05 bits per heavy atom. The summed E-state index contributed by atoms with van der Waals surface area (Å²) in [4.78, 5) is 14.4. The van der Waals surface area contributed by atoms with Crippen molar-refractivity contribution in [1.82, 2.24) is 9.55 Å². The van der Waals surface area contributed by atoms with Crippen molar-refractivity contribution in [1.29, 1.82) is 0 Å². The van der Waals surface area contributed by atoms with E-state index in [1.54, 1.807) is 0 Å². The topological polar surface area (TPSA) is 37.8 Å². The Morgan fingerprint density at radius 2 is 1.71 bits per heavy atom. The van der Waals surface area contributed by atoms with Crippen LogP contribution >= 0.6 is 11.6 Å². The molecule has 0 saturated heterocycles. The number of hydrogen-bond acceptors (Lipinski definition) is 1. The van der Waals surface area contributed by atoms with E-state index in [1.807, 2.05) is 0 Å². The molecule has 1 heterocycles. The van der Waals surface area contributed by atoms with Crippen LogP contribution in [0.4, 0.5) is 13.2 Å². The summed E-state index contributed by atoms with van der Waals surface area (Å²) in [5, 5.41) is -0.138. The third-order valence-corrected chi connectivity index (χ3v) is 3.37. The van der Waals surface area contributed by atoms with Crippen LogP contribution in [0.1, 0.15) is 5.56 Å². The van der Waals surface area contributed by atoms with Gasteiger partial charge in [0.1, 0.15) is 17.5 Å². The van der Waals surface area contributed by atoms with Crippen LogP contribution in [0.3, 0.4) is 0 Å². The molecule has 1 N–H and O–H groups in total. The molecule has 3 nitrogen and oxygen atoms in total. The Morgan fingerprint density at radius 3 is 2.38 bits per heavy atom. The molecule has 0 atom stereocenters. The SMILES string of the molecule is O=c1[nH]c2cc(F)c(Cl)cc2n1Cc1cc(F)cc(F)c1. The van der Waals surface area contributed by atoms with E-state index in [-0.39, 0.29) is 22.6 Å². The summed E-state index contributed by atoms with van der Waals surface area (Å²) in [6.07, 6.45) is 0. The maximum Gasteiger partial charge on any atom is 0.326 e. The summed E-state index contributed by atoms with van der Waals surface area (Å²) in [5.74, 6) is -2.13. The summed E-state index contributed by atoms with van der Waals surface area (Å²) >= 11 is 5.70. The Kier molecular flexibility index (Phi) is 3.25. The van der Waals surface area contributed by atoms with Gasteiger partial charge in [0.05, 0.1) is 22.6 Å².